The summed E-state index contributed by atoms with van der Waals surface area (Å²) in [6.45, 7) is 8.63. The maximum absolute atomic E-state index is 10.3. The molecule has 0 atom stereocenters. The van der Waals surface area contributed by atoms with Crippen LogP contribution in [0.1, 0.15) is 13.8 Å². The molecule has 0 aromatic rings. The summed E-state index contributed by atoms with van der Waals surface area (Å²) < 4.78 is 4.66. The fourth-order valence-electron chi connectivity index (χ4n) is 1.30. The van der Waals surface area contributed by atoms with Crippen molar-refractivity contribution in [2.45, 2.75) is 39.0 Å². The van der Waals surface area contributed by atoms with Gasteiger partial charge in [-0.2, -0.15) is 0 Å². The number of carboxylic acid groups (broad SMARTS) is 1. The molecule has 0 rings (SSSR count). The number of carbonyl (C=O) groups is 1. The van der Waals surface area contributed by atoms with Crippen LogP contribution in [0.4, 0.5) is 4.79 Å². The number of allylic oxidation sites excluding steroid dienone is 1. The highest BCUT2D eigenvalue weighted by Crippen LogP contribution is 2.13. The third kappa shape index (κ3) is 9.74. The van der Waals surface area contributed by atoms with Crippen LogP contribution >= 0.6 is 0 Å². The van der Waals surface area contributed by atoms with Crippen molar-refractivity contribution in [3.05, 3.63) is 11.3 Å². The highest BCUT2D eigenvalue weighted by molar-refractivity contribution is 6.78. The van der Waals surface area contributed by atoms with Gasteiger partial charge in [-0.05, 0) is 13.8 Å². The van der Waals surface area contributed by atoms with Crippen LogP contribution in [-0.2, 0) is 4.74 Å². The molecule has 0 aliphatic heterocycles. The van der Waals surface area contributed by atoms with Crippen molar-refractivity contribution in [1.82, 2.24) is 0 Å². The zero-order valence-corrected chi connectivity index (χ0v) is 12.6. The minimum Gasteiger partial charge on any atom is -0.450 e. The average Bonchev–Trinajstić information content (AvgIpc) is 2.09. The predicted octanol–water partition coefficient (Wildman–Crippen LogP) is 2.44. The van der Waals surface area contributed by atoms with E-state index in [1.54, 1.807) is 0 Å². The van der Waals surface area contributed by atoms with Gasteiger partial charge in [-0.15, -0.1) is 5.70 Å². The van der Waals surface area contributed by atoms with Crippen LogP contribution in [0.3, 0.4) is 0 Å². The molecule has 3 nitrogen and oxygen atoms in total. The Balaban J connectivity index is 3.73. The van der Waals surface area contributed by atoms with E-state index in [0.717, 1.165) is 0 Å². The van der Waals surface area contributed by atoms with Crippen molar-refractivity contribution in [3.8, 4) is 0 Å². The van der Waals surface area contributed by atoms with E-state index in [1.165, 1.54) is 17.7 Å². The Morgan fingerprint density at radius 3 is 2.53 bits per heavy atom. The van der Waals surface area contributed by atoms with E-state index < -0.39 is 14.2 Å². The zero-order valence-electron chi connectivity index (χ0n) is 10.2. The van der Waals surface area contributed by atoms with Crippen LogP contribution in [-0.4, -0.2) is 35.1 Å². The SMILES string of the molecule is CC(C)=C[SiH2]CC[Si](C)(C)COC(=O)O. The first-order valence-electron chi connectivity index (χ1n) is 5.32. The molecule has 0 bridgehead atoms. The molecule has 0 heterocycles. The lowest BCUT2D eigenvalue weighted by atomic mass is 10.4. The third-order valence-corrected chi connectivity index (χ3v) is 7.40. The molecule has 88 valence electrons. The van der Waals surface area contributed by atoms with Crippen LogP contribution in [0.25, 0.3) is 0 Å². The molecule has 0 aliphatic rings. The van der Waals surface area contributed by atoms with Gasteiger partial charge in [0.15, 0.2) is 0 Å². The van der Waals surface area contributed by atoms with Gasteiger partial charge in [0.2, 0.25) is 0 Å². The highest BCUT2D eigenvalue weighted by atomic mass is 28.3. The first kappa shape index (κ1) is 14.4. The Hall–Kier alpha value is -0.556. The maximum Gasteiger partial charge on any atom is 0.505 e. The summed E-state index contributed by atoms with van der Waals surface area (Å²) in [5.41, 5.74) is 3.77. The lowest BCUT2D eigenvalue weighted by molar-refractivity contribution is 0.105. The number of hydrogen-bond donors (Lipinski definition) is 1. The minimum absolute atomic E-state index is 0.0826. The summed E-state index contributed by atoms with van der Waals surface area (Å²) >= 11 is 0. The molecular formula is C10H22O3Si2. The van der Waals surface area contributed by atoms with Crippen molar-refractivity contribution >= 4 is 23.7 Å². The largest absolute Gasteiger partial charge is 0.505 e. The Bertz CT molecular complexity index is 233. The fraction of sp³-hybridized carbons (Fsp3) is 0.700. The van der Waals surface area contributed by atoms with Gasteiger partial charge in [0.1, 0.15) is 0 Å². The smallest absolute Gasteiger partial charge is 0.450 e. The number of ether oxygens (including phenoxy) is 1. The standard InChI is InChI=1S/C10H22O3Si2/c1-9(2)7-14-5-6-15(3,4)8-13-10(11)12/h7H,5-6,8,14H2,1-4H3,(H,11,12). The zero-order chi connectivity index (χ0) is 11.9. The number of hydrogen-bond acceptors (Lipinski definition) is 2. The molecule has 1 N–H and O–H groups in total. The summed E-state index contributed by atoms with van der Waals surface area (Å²) in [5.74, 6) is 0. The molecule has 5 heteroatoms. The minimum atomic E-state index is -1.44. The van der Waals surface area contributed by atoms with Crippen molar-refractivity contribution < 1.29 is 14.6 Å². The van der Waals surface area contributed by atoms with E-state index in [2.05, 4.69) is 37.4 Å². The van der Waals surface area contributed by atoms with Crippen LogP contribution in [0.15, 0.2) is 11.3 Å². The quantitative estimate of drug-likeness (QED) is 0.445. The third-order valence-electron chi connectivity index (χ3n) is 2.20. The van der Waals surface area contributed by atoms with Crippen LogP contribution < -0.4 is 0 Å². The van der Waals surface area contributed by atoms with E-state index in [1.807, 2.05) is 0 Å². The summed E-state index contributed by atoms with van der Waals surface area (Å²) in [6.07, 6.45) is -0.705. The molecule has 0 aromatic heterocycles. The molecule has 15 heavy (non-hydrogen) atoms. The summed E-state index contributed by atoms with van der Waals surface area (Å²) in [4.78, 5) is 10.3. The van der Waals surface area contributed by atoms with Crippen molar-refractivity contribution in [2.75, 3.05) is 6.23 Å². The maximum atomic E-state index is 10.3. The predicted molar refractivity (Wildman–Crippen MR) is 69.0 cm³/mol. The normalized spacial score (nSPS) is 11.7. The van der Waals surface area contributed by atoms with Crippen LogP contribution in [0, 0.1) is 0 Å². The van der Waals surface area contributed by atoms with Gasteiger partial charge in [0, 0.05) is 9.52 Å². The van der Waals surface area contributed by atoms with E-state index in [-0.39, 0.29) is 9.52 Å². The van der Waals surface area contributed by atoms with Gasteiger partial charge in [-0.3, -0.25) is 0 Å². The van der Waals surface area contributed by atoms with Crippen molar-refractivity contribution in [1.29, 1.82) is 0 Å². The van der Waals surface area contributed by atoms with Crippen LogP contribution in [0.2, 0.25) is 25.2 Å². The van der Waals surface area contributed by atoms with E-state index in [0.29, 0.717) is 6.23 Å². The molecule has 0 radical (unpaired) electrons. The monoisotopic (exact) mass is 246 g/mol. The molecule has 0 aromatic carbocycles. The molecule has 0 saturated heterocycles. The second-order valence-corrected chi connectivity index (χ2v) is 11.7. The molecule has 0 saturated carbocycles. The lowest BCUT2D eigenvalue weighted by Crippen LogP contribution is -2.33. The number of rotatable bonds is 6. The molecule has 0 unspecified atom stereocenters. The Morgan fingerprint density at radius 1 is 1.47 bits per heavy atom. The Morgan fingerprint density at radius 2 is 2.07 bits per heavy atom. The van der Waals surface area contributed by atoms with Gasteiger partial charge in [-0.1, -0.05) is 30.8 Å². The second kappa shape index (κ2) is 6.84. The molecule has 0 spiro atoms. The van der Waals surface area contributed by atoms with Crippen molar-refractivity contribution in [3.63, 3.8) is 0 Å². The molecule has 0 amide bonds. The molecule has 0 aliphatic carbocycles. The summed E-state index contributed by atoms with van der Waals surface area (Å²) in [7, 11) is -1.52. The lowest BCUT2D eigenvalue weighted by Gasteiger charge is -2.20. The van der Waals surface area contributed by atoms with Gasteiger partial charge in [-0.25, -0.2) is 4.79 Å². The van der Waals surface area contributed by atoms with E-state index in [9.17, 15) is 4.79 Å². The Labute approximate surface area is 95.4 Å². The summed E-state index contributed by atoms with van der Waals surface area (Å²) in [5, 5.41) is 8.42. The first-order chi connectivity index (χ1) is 6.83. The average molecular weight is 246 g/mol. The van der Waals surface area contributed by atoms with Gasteiger partial charge in [0.25, 0.3) is 0 Å². The highest BCUT2D eigenvalue weighted by Gasteiger charge is 2.22. The topological polar surface area (TPSA) is 46.5 Å². The van der Waals surface area contributed by atoms with Gasteiger partial charge in [0.05, 0.1) is 14.3 Å². The van der Waals surface area contributed by atoms with E-state index >= 15 is 0 Å². The first-order valence-corrected chi connectivity index (χ1v) is 10.6. The molecular weight excluding hydrogens is 224 g/mol. The fourth-order valence-corrected chi connectivity index (χ4v) is 7.39. The van der Waals surface area contributed by atoms with Crippen LogP contribution in [0.5, 0.6) is 0 Å². The van der Waals surface area contributed by atoms with Gasteiger partial charge < -0.3 is 9.84 Å². The summed E-state index contributed by atoms with van der Waals surface area (Å²) in [6, 6.07) is 2.45. The van der Waals surface area contributed by atoms with E-state index in [4.69, 9.17) is 5.11 Å². The van der Waals surface area contributed by atoms with Gasteiger partial charge >= 0.3 is 6.16 Å². The van der Waals surface area contributed by atoms with Crippen molar-refractivity contribution in [2.24, 2.45) is 0 Å². The second-order valence-electron chi connectivity index (χ2n) is 4.89. The molecule has 0 fully saturated rings. The Kier molecular flexibility index (Phi) is 6.59.